The SMILES string of the molecule is Cc1ccc(C(=O)Nc2nnc(C(C)(C)C)s2)c(C2CCN(C(=O)C3CCCO3)CC2)n1. The lowest BCUT2D eigenvalue weighted by molar-refractivity contribution is -0.142. The molecule has 4 rings (SSSR count). The van der Waals surface area contributed by atoms with E-state index in [1.165, 1.54) is 11.3 Å². The summed E-state index contributed by atoms with van der Waals surface area (Å²) in [4.78, 5) is 32.4. The first kappa shape index (κ1) is 22.8. The Balaban J connectivity index is 1.46. The Morgan fingerprint density at radius 1 is 1.16 bits per heavy atom. The average molecular weight is 458 g/mol. The zero-order valence-corrected chi connectivity index (χ0v) is 20.0. The molecule has 0 aliphatic carbocycles. The van der Waals surface area contributed by atoms with Gasteiger partial charge in [0.25, 0.3) is 11.8 Å². The van der Waals surface area contributed by atoms with Crippen LogP contribution >= 0.6 is 11.3 Å². The van der Waals surface area contributed by atoms with Crippen molar-refractivity contribution in [2.24, 2.45) is 0 Å². The van der Waals surface area contributed by atoms with Gasteiger partial charge in [0.05, 0.1) is 11.3 Å². The Bertz CT molecular complexity index is 986. The lowest BCUT2D eigenvalue weighted by Crippen LogP contribution is -2.43. The number of anilines is 1. The van der Waals surface area contributed by atoms with E-state index in [1.807, 2.05) is 24.0 Å². The third-order valence-electron chi connectivity index (χ3n) is 5.99. The van der Waals surface area contributed by atoms with E-state index in [4.69, 9.17) is 9.72 Å². The van der Waals surface area contributed by atoms with Crippen molar-refractivity contribution >= 4 is 28.3 Å². The second kappa shape index (κ2) is 9.23. The highest BCUT2D eigenvalue weighted by Crippen LogP contribution is 2.32. The number of ether oxygens (including phenoxy) is 1. The number of piperidine rings is 1. The Morgan fingerprint density at radius 2 is 1.91 bits per heavy atom. The van der Waals surface area contributed by atoms with Crippen molar-refractivity contribution in [3.63, 3.8) is 0 Å². The minimum Gasteiger partial charge on any atom is -0.368 e. The van der Waals surface area contributed by atoms with Crippen molar-refractivity contribution in [3.05, 3.63) is 34.1 Å². The lowest BCUT2D eigenvalue weighted by atomic mass is 9.89. The summed E-state index contributed by atoms with van der Waals surface area (Å²) in [6, 6.07) is 3.69. The van der Waals surface area contributed by atoms with Crippen LogP contribution in [0.1, 0.15) is 79.1 Å². The van der Waals surface area contributed by atoms with Crippen LogP contribution in [-0.2, 0) is 14.9 Å². The number of rotatable bonds is 4. The second-order valence-electron chi connectivity index (χ2n) is 9.60. The number of nitrogens with zero attached hydrogens (tertiary/aromatic N) is 4. The van der Waals surface area contributed by atoms with Crippen LogP contribution in [0.3, 0.4) is 0 Å². The van der Waals surface area contributed by atoms with Gasteiger partial charge in [0.2, 0.25) is 5.13 Å². The summed E-state index contributed by atoms with van der Waals surface area (Å²) in [6.07, 6.45) is 3.04. The molecule has 2 fully saturated rings. The molecule has 4 heterocycles. The van der Waals surface area contributed by atoms with Crippen molar-refractivity contribution in [1.29, 1.82) is 0 Å². The number of nitrogens with one attached hydrogen (secondary N) is 1. The van der Waals surface area contributed by atoms with E-state index < -0.39 is 0 Å². The fraction of sp³-hybridized carbons (Fsp3) is 0.609. The number of hydrogen-bond donors (Lipinski definition) is 1. The predicted octanol–water partition coefficient (Wildman–Crippen LogP) is 3.68. The lowest BCUT2D eigenvalue weighted by Gasteiger charge is -2.33. The molecule has 2 saturated heterocycles. The van der Waals surface area contributed by atoms with Crippen LogP contribution in [0, 0.1) is 6.92 Å². The van der Waals surface area contributed by atoms with E-state index in [9.17, 15) is 9.59 Å². The molecule has 0 saturated carbocycles. The molecule has 0 radical (unpaired) electrons. The Morgan fingerprint density at radius 3 is 2.53 bits per heavy atom. The molecule has 0 bridgehead atoms. The molecule has 1 unspecified atom stereocenters. The van der Waals surface area contributed by atoms with Gasteiger partial charge >= 0.3 is 0 Å². The molecule has 0 spiro atoms. The molecule has 8 nitrogen and oxygen atoms in total. The van der Waals surface area contributed by atoms with Crippen molar-refractivity contribution in [2.75, 3.05) is 25.0 Å². The number of aryl methyl sites for hydroxylation is 1. The van der Waals surface area contributed by atoms with Crippen LogP contribution < -0.4 is 5.32 Å². The maximum atomic E-state index is 13.1. The topological polar surface area (TPSA) is 97.3 Å². The Labute approximate surface area is 192 Å². The summed E-state index contributed by atoms with van der Waals surface area (Å²) >= 11 is 1.39. The highest BCUT2D eigenvalue weighted by molar-refractivity contribution is 7.15. The molecule has 172 valence electrons. The minimum absolute atomic E-state index is 0.0991. The van der Waals surface area contributed by atoms with Gasteiger partial charge in [-0.1, -0.05) is 32.1 Å². The molecule has 32 heavy (non-hydrogen) atoms. The molecule has 2 aliphatic rings. The monoisotopic (exact) mass is 457 g/mol. The summed E-state index contributed by atoms with van der Waals surface area (Å²) in [6.45, 7) is 10.1. The number of hydrogen-bond acceptors (Lipinski definition) is 7. The van der Waals surface area contributed by atoms with Gasteiger partial charge in [-0.2, -0.15) is 0 Å². The van der Waals surface area contributed by atoms with Crippen molar-refractivity contribution in [2.45, 2.75) is 70.8 Å². The van der Waals surface area contributed by atoms with Crippen LogP contribution in [0.5, 0.6) is 0 Å². The Hall–Kier alpha value is -2.39. The van der Waals surface area contributed by atoms with Crippen molar-refractivity contribution in [1.82, 2.24) is 20.1 Å². The summed E-state index contributed by atoms with van der Waals surface area (Å²) < 4.78 is 5.56. The number of aromatic nitrogens is 3. The molecule has 1 N–H and O–H groups in total. The molecule has 2 aromatic heterocycles. The molecule has 2 amide bonds. The van der Waals surface area contributed by atoms with E-state index in [1.54, 1.807) is 0 Å². The van der Waals surface area contributed by atoms with Gasteiger partial charge in [-0.3, -0.25) is 19.9 Å². The van der Waals surface area contributed by atoms with Crippen LogP contribution in [0.25, 0.3) is 0 Å². The van der Waals surface area contributed by atoms with E-state index >= 15 is 0 Å². The first-order chi connectivity index (χ1) is 15.2. The van der Waals surface area contributed by atoms with Gasteiger partial charge in [0.1, 0.15) is 11.1 Å². The fourth-order valence-electron chi connectivity index (χ4n) is 4.17. The van der Waals surface area contributed by atoms with Gasteiger partial charge < -0.3 is 9.64 Å². The van der Waals surface area contributed by atoms with Crippen LogP contribution in [0.2, 0.25) is 0 Å². The third kappa shape index (κ3) is 4.99. The maximum Gasteiger partial charge on any atom is 0.259 e. The highest BCUT2D eigenvalue weighted by Gasteiger charge is 2.33. The molecule has 2 aromatic rings. The molecule has 1 atom stereocenters. The van der Waals surface area contributed by atoms with Crippen LogP contribution in [0.15, 0.2) is 12.1 Å². The molecule has 2 aliphatic heterocycles. The van der Waals surface area contributed by atoms with Crippen LogP contribution in [-0.4, -0.2) is 57.7 Å². The zero-order chi connectivity index (χ0) is 22.9. The van der Waals surface area contributed by atoms with Gasteiger partial charge in [-0.05, 0) is 44.7 Å². The summed E-state index contributed by atoms with van der Waals surface area (Å²) in [7, 11) is 0. The Kier molecular flexibility index (Phi) is 6.57. The molecule has 0 aromatic carbocycles. The molecule has 9 heteroatoms. The first-order valence-electron chi connectivity index (χ1n) is 11.3. The van der Waals surface area contributed by atoms with E-state index in [-0.39, 0.29) is 29.3 Å². The largest absolute Gasteiger partial charge is 0.368 e. The van der Waals surface area contributed by atoms with Crippen molar-refractivity contribution in [3.8, 4) is 0 Å². The summed E-state index contributed by atoms with van der Waals surface area (Å²) in [5.74, 6) is 0.00719. The number of pyridine rings is 1. The standard InChI is InChI=1S/C23H31N5O3S/c1-14-7-8-16(19(29)25-22-27-26-21(32-22)23(2,3)4)18(24-14)15-9-11-28(12-10-15)20(30)17-6-5-13-31-17/h7-8,15,17H,5-6,9-13H2,1-4H3,(H,25,27,29). The third-order valence-corrected chi connectivity index (χ3v) is 7.26. The molecular formula is C23H31N5O3S. The fourth-order valence-corrected chi connectivity index (χ4v) is 4.97. The molecular weight excluding hydrogens is 426 g/mol. The predicted molar refractivity (Wildman–Crippen MR) is 123 cm³/mol. The van der Waals surface area contributed by atoms with E-state index in [0.29, 0.717) is 30.4 Å². The maximum absolute atomic E-state index is 13.1. The zero-order valence-electron chi connectivity index (χ0n) is 19.2. The van der Waals surface area contributed by atoms with Gasteiger partial charge in [-0.25, -0.2) is 0 Å². The van der Waals surface area contributed by atoms with E-state index in [2.05, 4.69) is 36.3 Å². The van der Waals surface area contributed by atoms with Crippen LogP contribution in [0.4, 0.5) is 5.13 Å². The number of carbonyl (C=O) groups excluding carboxylic acids is 2. The summed E-state index contributed by atoms with van der Waals surface area (Å²) in [5.41, 5.74) is 2.12. The second-order valence-corrected chi connectivity index (χ2v) is 10.6. The smallest absolute Gasteiger partial charge is 0.259 e. The quantitative estimate of drug-likeness (QED) is 0.752. The van der Waals surface area contributed by atoms with Gasteiger partial charge in [-0.15, -0.1) is 10.2 Å². The minimum atomic E-state index is -0.283. The van der Waals surface area contributed by atoms with Gasteiger partial charge in [0, 0.05) is 36.7 Å². The number of likely N-dealkylation sites (tertiary alicyclic amines) is 1. The number of amides is 2. The number of carbonyl (C=O) groups is 2. The summed E-state index contributed by atoms with van der Waals surface area (Å²) in [5, 5.41) is 12.6. The van der Waals surface area contributed by atoms with Gasteiger partial charge in [0.15, 0.2) is 0 Å². The normalized spacial score (nSPS) is 19.9. The highest BCUT2D eigenvalue weighted by atomic mass is 32.1. The van der Waals surface area contributed by atoms with E-state index in [0.717, 1.165) is 42.1 Å². The first-order valence-corrected chi connectivity index (χ1v) is 12.1. The van der Waals surface area contributed by atoms with Crippen molar-refractivity contribution < 1.29 is 14.3 Å². The average Bonchev–Trinajstić information content (AvgIpc) is 3.45.